The van der Waals surface area contributed by atoms with Gasteiger partial charge in [-0.25, -0.2) is 9.13 Å². The summed E-state index contributed by atoms with van der Waals surface area (Å²) in [6.45, 7) is 14.1. The van der Waals surface area contributed by atoms with E-state index in [0.29, 0.717) is 25.7 Å². The molecule has 0 bridgehead atoms. The second-order valence-electron chi connectivity index (χ2n) is 26.4. The molecule has 0 aromatic carbocycles. The van der Waals surface area contributed by atoms with Gasteiger partial charge in [0.2, 0.25) is 0 Å². The fraction of sp³-hybridized carbons (Fsp3) is 0.942. The lowest BCUT2D eigenvalue weighted by Crippen LogP contribution is -2.30. The molecule has 0 aliphatic rings. The molecule has 5 unspecified atom stereocenters. The van der Waals surface area contributed by atoms with E-state index in [9.17, 15) is 43.2 Å². The predicted octanol–water partition coefficient (Wildman–Crippen LogP) is 19.3. The molecular weight excluding hydrogens is 1160 g/mol. The topological polar surface area (TPSA) is 237 Å². The molecule has 0 aliphatic heterocycles. The molecule has 0 rings (SSSR count). The summed E-state index contributed by atoms with van der Waals surface area (Å²) in [5.74, 6) is 0.893. The first-order valence-electron chi connectivity index (χ1n) is 35.8. The van der Waals surface area contributed by atoms with Gasteiger partial charge in [-0.3, -0.25) is 37.3 Å². The van der Waals surface area contributed by atoms with Gasteiger partial charge in [0.1, 0.15) is 19.3 Å². The van der Waals surface area contributed by atoms with Crippen LogP contribution in [0.1, 0.15) is 338 Å². The van der Waals surface area contributed by atoms with Gasteiger partial charge in [0.15, 0.2) is 12.2 Å². The van der Waals surface area contributed by atoms with E-state index < -0.39 is 97.5 Å². The molecular formula is C69H134O17P2. The zero-order chi connectivity index (χ0) is 65.4. The number of carbonyl (C=O) groups excluding carboxylic acids is 4. The summed E-state index contributed by atoms with van der Waals surface area (Å²) in [7, 11) is -9.90. The third kappa shape index (κ3) is 60.3. The van der Waals surface area contributed by atoms with Gasteiger partial charge in [-0.15, -0.1) is 0 Å². The van der Waals surface area contributed by atoms with Gasteiger partial charge in [0.25, 0.3) is 0 Å². The van der Waals surface area contributed by atoms with Crippen molar-refractivity contribution in [3.8, 4) is 0 Å². The lowest BCUT2D eigenvalue weighted by atomic mass is 9.99. The average Bonchev–Trinajstić information content (AvgIpc) is 3.60. The highest BCUT2D eigenvalue weighted by molar-refractivity contribution is 7.47. The molecule has 7 atom stereocenters. The van der Waals surface area contributed by atoms with Crippen molar-refractivity contribution in [1.82, 2.24) is 0 Å². The lowest BCUT2D eigenvalue weighted by Gasteiger charge is -2.21. The van der Waals surface area contributed by atoms with E-state index in [1.807, 2.05) is 0 Å². The maximum absolute atomic E-state index is 13.0. The highest BCUT2D eigenvalue weighted by atomic mass is 31.2. The maximum atomic E-state index is 13.0. The van der Waals surface area contributed by atoms with Crippen LogP contribution < -0.4 is 0 Å². The van der Waals surface area contributed by atoms with Crippen LogP contribution in [0, 0.1) is 23.7 Å². The highest BCUT2D eigenvalue weighted by Crippen LogP contribution is 2.45. The molecule has 0 fully saturated rings. The van der Waals surface area contributed by atoms with Gasteiger partial charge < -0.3 is 33.8 Å². The molecule has 0 amide bonds. The molecule has 0 aliphatic carbocycles. The van der Waals surface area contributed by atoms with E-state index in [0.717, 1.165) is 114 Å². The molecule has 0 radical (unpaired) electrons. The second-order valence-corrected chi connectivity index (χ2v) is 29.3. The molecule has 0 saturated heterocycles. The Labute approximate surface area is 537 Å². The minimum absolute atomic E-state index is 0.104. The number of phosphoric acid groups is 2. The Bertz CT molecular complexity index is 1750. The smallest absolute Gasteiger partial charge is 0.462 e. The number of esters is 4. The minimum atomic E-state index is -4.95. The van der Waals surface area contributed by atoms with Crippen LogP contribution in [0.5, 0.6) is 0 Å². The van der Waals surface area contributed by atoms with Crippen LogP contribution in [0.25, 0.3) is 0 Å². The fourth-order valence-corrected chi connectivity index (χ4v) is 11.8. The van der Waals surface area contributed by atoms with Crippen LogP contribution in [0.2, 0.25) is 0 Å². The third-order valence-corrected chi connectivity index (χ3v) is 18.4. The summed E-state index contributed by atoms with van der Waals surface area (Å²) < 4.78 is 68.3. The van der Waals surface area contributed by atoms with Crippen molar-refractivity contribution < 1.29 is 80.2 Å². The van der Waals surface area contributed by atoms with Crippen LogP contribution in [-0.4, -0.2) is 96.7 Å². The Balaban J connectivity index is 5.28. The summed E-state index contributed by atoms with van der Waals surface area (Å²) in [6, 6.07) is 0. The number of unbranched alkanes of at least 4 members (excludes halogenated alkanes) is 30. The van der Waals surface area contributed by atoms with Crippen molar-refractivity contribution in [1.29, 1.82) is 0 Å². The number of ether oxygens (including phenoxy) is 4. The first kappa shape index (κ1) is 86.1. The minimum Gasteiger partial charge on any atom is -0.462 e. The van der Waals surface area contributed by atoms with Crippen molar-refractivity contribution in [2.45, 2.75) is 356 Å². The standard InChI is InChI=1S/C69H134O17P2/c1-9-61(7)47-39-31-23-16-19-26-34-42-50-67(72)80-56-65(86-69(74)52-44-36-28-20-17-24-32-40-48-62(8)10-2)58-84-88(77,78)82-54-63(70)53-81-87(75,76)83-57-64(55-79-66(71)49-41-33-25-18-15-22-30-38-46-60(5)6)85-68(73)51-43-35-27-14-12-11-13-21-29-37-45-59(3)4/h59-65,70H,9-58H2,1-8H3,(H,75,76)(H,77,78)/t61?,62?,63?,64-,65-/m1/s1. The molecule has 0 saturated carbocycles. The van der Waals surface area contributed by atoms with E-state index in [4.69, 9.17) is 37.0 Å². The molecule has 0 spiro atoms. The highest BCUT2D eigenvalue weighted by Gasteiger charge is 2.30. The number of aliphatic hydroxyl groups is 1. The Morgan fingerprint density at radius 2 is 0.545 bits per heavy atom. The molecule has 0 aromatic rings. The van der Waals surface area contributed by atoms with E-state index in [1.54, 1.807) is 0 Å². The molecule has 88 heavy (non-hydrogen) atoms. The van der Waals surface area contributed by atoms with Crippen molar-refractivity contribution >= 4 is 39.5 Å². The fourth-order valence-electron chi connectivity index (χ4n) is 10.2. The largest absolute Gasteiger partial charge is 0.472 e. The van der Waals surface area contributed by atoms with Crippen LogP contribution in [0.15, 0.2) is 0 Å². The Hall–Kier alpha value is -1.94. The van der Waals surface area contributed by atoms with E-state index in [-0.39, 0.29) is 25.7 Å². The summed E-state index contributed by atoms with van der Waals surface area (Å²) in [5, 5.41) is 10.6. The number of phosphoric ester groups is 2. The molecule has 3 N–H and O–H groups in total. The third-order valence-electron chi connectivity index (χ3n) is 16.5. The summed E-state index contributed by atoms with van der Waals surface area (Å²) in [6.07, 6.45) is 40.2. The first-order chi connectivity index (χ1) is 42.2. The molecule has 19 heteroatoms. The number of rotatable bonds is 66. The number of carbonyl (C=O) groups is 4. The van der Waals surface area contributed by atoms with Crippen LogP contribution in [0.3, 0.4) is 0 Å². The summed E-state index contributed by atoms with van der Waals surface area (Å²) >= 11 is 0. The van der Waals surface area contributed by atoms with Crippen molar-refractivity contribution in [3.63, 3.8) is 0 Å². The molecule has 522 valence electrons. The molecule has 17 nitrogen and oxygen atoms in total. The lowest BCUT2D eigenvalue weighted by molar-refractivity contribution is -0.161. The van der Waals surface area contributed by atoms with Crippen LogP contribution in [0.4, 0.5) is 0 Å². The van der Waals surface area contributed by atoms with Gasteiger partial charge in [-0.2, -0.15) is 0 Å². The number of hydrogen-bond donors (Lipinski definition) is 3. The number of hydrogen-bond acceptors (Lipinski definition) is 15. The predicted molar refractivity (Wildman–Crippen MR) is 354 cm³/mol. The average molecular weight is 1300 g/mol. The summed E-state index contributed by atoms with van der Waals surface area (Å²) in [5.41, 5.74) is 0. The Kier molecular flexibility index (Phi) is 57.6. The first-order valence-corrected chi connectivity index (χ1v) is 38.8. The zero-order valence-electron chi connectivity index (χ0n) is 57.3. The molecule has 0 heterocycles. The Morgan fingerprint density at radius 3 is 0.807 bits per heavy atom. The van der Waals surface area contributed by atoms with Gasteiger partial charge in [-0.05, 0) is 49.4 Å². The van der Waals surface area contributed by atoms with Crippen molar-refractivity contribution in [2.24, 2.45) is 23.7 Å². The van der Waals surface area contributed by atoms with E-state index >= 15 is 0 Å². The number of aliphatic hydroxyl groups excluding tert-OH is 1. The van der Waals surface area contributed by atoms with E-state index in [2.05, 4.69) is 55.4 Å². The van der Waals surface area contributed by atoms with Gasteiger partial charge >= 0.3 is 39.5 Å². The van der Waals surface area contributed by atoms with Crippen LogP contribution >= 0.6 is 15.6 Å². The van der Waals surface area contributed by atoms with Crippen molar-refractivity contribution in [2.75, 3.05) is 39.6 Å². The second kappa shape index (κ2) is 58.8. The van der Waals surface area contributed by atoms with E-state index in [1.165, 1.54) is 141 Å². The Morgan fingerprint density at radius 1 is 0.318 bits per heavy atom. The van der Waals surface area contributed by atoms with Crippen molar-refractivity contribution in [3.05, 3.63) is 0 Å². The summed E-state index contributed by atoms with van der Waals surface area (Å²) in [4.78, 5) is 72.5. The monoisotopic (exact) mass is 1300 g/mol. The van der Waals surface area contributed by atoms with Gasteiger partial charge in [0, 0.05) is 25.7 Å². The quantitative estimate of drug-likeness (QED) is 0.0222. The SMILES string of the molecule is CCC(C)CCCCCCCCCCC(=O)OC[C@H](COP(=O)(O)OCC(O)COP(=O)(O)OC[C@@H](COC(=O)CCCCCCCCCCC(C)C)OC(=O)CCCCCCCCCCCCC(C)C)OC(=O)CCCCCCCCCCC(C)CC. The normalized spacial score (nSPS) is 14.9. The molecule has 0 aromatic heterocycles. The van der Waals surface area contributed by atoms with Crippen LogP contribution in [-0.2, 0) is 65.4 Å². The van der Waals surface area contributed by atoms with Gasteiger partial charge in [0.05, 0.1) is 26.4 Å². The van der Waals surface area contributed by atoms with Gasteiger partial charge in [-0.1, -0.05) is 287 Å². The zero-order valence-corrected chi connectivity index (χ0v) is 59.1. The maximum Gasteiger partial charge on any atom is 0.472 e.